The second-order valence-corrected chi connectivity index (χ2v) is 9.51. The van der Waals surface area contributed by atoms with Gasteiger partial charge in [-0.2, -0.15) is 5.10 Å². The summed E-state index contributed by atoms with van der Waals surface area (Å²) in [5.41, 5.74) is 7.24. The van der Waals surface area contributed by atoms with Crippen LogP contribution >= 0.6 is 0 Å². The van der Waals surface area contributed by atoms with E-state index in [4.69, 9.17) is 14.7 Å². The summed E-state index contributed by atoms with van der Waals surface area (Å²) >= 11 is 0. The molecule has 10 heteroatoms. The Bertz CT molecular complexity index is 1720. The number of aryl methyl sites for hydroxylation is 1. The number of rotatable bonds is 5. The molecule has 7 rings (SSSR count). The van der Waals surface area contributed by atoms with Gasteiger partial charge in [0.25, 0.3) is 0 Å². The second-order valence-electron chi connectivity index (χ2n) is 9.51. The summed E-state index contributed by atoms with van der Waals surface area (Å²) in [6, 6.07) is 5.96. The molecule has 1 aliphatic rings. The van der Waals surface area contributed by atoms with E-state index in [0.29, 0.717) is 11.5 Å². The van der Waals surface area contributed by atoms with Gasteiger partial charge in [0, 0.05) is 18.0 Å². The van der Waals surface area contributed by atoms with Gasteiger partial charge in [-0.15, -0.1) is 0 Å². The van der Waals surface area contributed by atoms with E-state index in [1.807, 2.05) is 42.1 Å². The molecule has 0 bridgehead atoms. The van der Waals surface area contributed by atoms with E-state index in [2.05, 4.69) is 30.1 Å². The molecule has 0 atom stereocenters. The maximum atomic E-state index is 6.23. The van der Waals surface area contributed by atoms with Crippen LogP contribution in [-0.4, -0.2) is 50.8 Å². The largest absolute Gasteiger partial charge is 0.489 e. The lowest BCUT2D eigenvalue weighted by atomic mass is 9.98. The van der Waals surface area contributed by atoms with E-state index in [0.717, 1.165) is 63.3 Å². The van der Waals surface area contributed by atoms with Crippen LogP contribution < -0.4 is 4.74 Å². The molecule has 1 aliphatic carbocycles. The molecule has 0 unspecified atom stereocenters. The molecule has 184 valence electrons. The Kier molecular flexibility index (Phi) is 5.16. The fraction of sp³-hybridized carbons (Fsp3) is 0.259. The van der Waals surface area contributed by atoms with Crippen LogP contribution in [0.5, 0.6) is 5.75 Å². The Morgan fingerprint density at radius 1 is 0.946 bits per heavy atom. The van der Waals surface area contributed by atoms with Crippen molar-refractivity contribution in [2.45, 2.75) is 45.1 Å². The minimum atomic E-state index is 0.264. The summed E-state index contributed by atoms with van der Waals surface area (Å²) < 4.78 is 8.15. The quantitative estimate of drug-likeness (QED) is 0.341. The van der Waals surface area contributed by atoms with Crippen LogP contribution in [0.2, 0.25) is 0 Å². The normalized spacial score (nSPS) is 14.5. The predicted octanol–water partition coefficient (Wildman–Crippen LogP) is 5.16. The number of ether oxygens (including phenoxy) is 1. The topological polar surface area (TPSA) is 123 Å². The number of H-pyrrole nitrogens is 2. The Balaban J connectivity index is 1.26. The third kappa shape index (κ3) is 4.00. The number of pyridine rings is 3. The lowest BCUT2D eigenvalue weighted by Gasteiger charge is -2.22. The van der Waals surface area contributed by atoms with Gasteiger partial charge in [0.15, 0.2) is 11.5 Å². The molecule has 1 fully saturated rings. The van der Waals surface area contributed by atoms with E-state index >= 15 is 0 Å². The zero-order chi connectivity index (χ0) is 24.8. The molecule has 6 heterocycles. The number of imidazole rings is 2. The molecule has 37 heavy (non-hydrogen) atoms. The molecule has 0 saturated heterocycles. The van der Waals surface area contributed by atoms with Crippen molar-refractivity contribution in [1.29, 1.82) is 0 Å². The zero-order valence-corrected chi connectivity index (χ0v) is 20.3. The first-order valence-corrected chi connectivity index (χ1v) is 12.5. The van der Waals surface area contributed by atoms with Gasteiger partial charge in [0.05, 0.1) is 59.1 Å². The molecule has 0 spiro atoms. The molecule has 6 aromatic heterocycles. The highest BCUT2D eigenvalue weighted by molar-refractivity contribution is 5.92. The lowest BCUT2D eigenvalue weighted by Crippen LogP contribution is -2.19. The van der Waals surface area contributed by atoms with Gasteiger partial charge in [0.1, 0.15) is 16.8 Å². The molecule has 0 aromatic carbocycles. The van der Waals surface area contributed by atoms with Crippen molar-refractivity contribution in [1.82, 2.24) is 44.7 Å². The molecular weight excluding hydrogens is 466 g/mol. The Labute approximate surface area is 212 Å². The van der Waals surface area contributed by atoms with E-state index < -0.39 is 0 Å². The molecule has 2 N–H and O–H groups in total. The van der Waals surface area contributed by atoms with E-state index in [1.165, 1.54) is 19.3 Å². The van der Waals surface area contributed by atoms with Gasteiger partial charge in [-0.25, -0.2) is 15.0 Å². The fourth-order valence-electron chi connectivity index (χ4n) is 5.00. The maximum absolute atomic E-state index is 6.23. The number of aromatic nitrogens is 9. The van der Waals surface area contributed by atoms with E-state index in [1.54, 1.807) is 24.9 Å². The second kappa shape index (κ2) is 8.81. The first-order chi connectivity index (χ1) is 18.2. The van der Waals surface area contributed by atoms with Crippen molar-refractivity contribution in [3.63, 3.8) is 0 Å². The van der Waals surface area contributed by atoms with Crippen LogP contribution in [-0.2, 0) is 0 Å². The molecule has 1 saturated carbocycles. The van der Waals surface area contributed by atoms with Gasteiger partial charge >= 0.3 is 0 Å². The van der Waals surface area contributed by atoms with Crippen LogP contribution in [0.4, 0.5) is 0 Å². The van der Waals surface area contributed by atoms with Crippen LogP contribution in [0, 0.1) is 6.92 Å². The summed E-state index contributed by atoms with van der Waals surface area (Å²) in [4.78, 5) is 26.3. The van der Waals surface area contributed by atoms with Crippen LogP contribution in [0.25, 0.3) is 50.5 Å². The number of hydrogen-bond donors (Lipinski definition) is 2. The molecule has 0 amide bonds. The monoisotopic (exact) mass is 491 g/mol. The average Bonchev–Trinajstić information content (AvgIpc) is 3.66. The summed E-state index contributed by atoms with van der Waals surface area (Å²) in [5, 5.41) is 7.62. The van der Waals surface area contributed by atoms with Gasteiger partial charge in [-0.05, 0) is 50.8 Å². The highest BCUT2D eigenvalue weighted by atomic mass is 16.5. The Morgan fingerprint density at radius 3 is 2.70 bits per heavy atom. The average molecular weight is 492 g/mol. The third-order valence-corrected chi connectivity index (χ3v) is 6.86. The van der Waals surface area contributed by atoms with Crippen molar-refractivity contribution >= 4 is 22.1 Å². The van der Waals surface area contributed by atoms with Crippen LogP contribution in [0.15, 0.2) is 55.5 Å². The summed E-state index contributed by atoms with van der Waals surface area (Å²) in [7, 11) is 0. The lowest BCUT2D eigenvalue weighted by molar-refractivity contribution is 0.154. The highest BCUT2D eigenvalue weighted by Gasteiger charge is 2.18. The highest BCUT2D eigenvalue weighted by Crippen LogP contribution is 2.30. The van der Waals surface area contributed by atoms with Crippen molar-refractivity contribution in [2.24, 2.45) is 0 Å². The van der Waals surface area contributed by atoms with Gasteiger partial charge in [-0.3, -0.25) is 15.1 Å². The minimum absolute atomic E-state index is 0.264. The summed E-state index contributed by atoms with van der Waals surface area (Å²) in [6.07, 6.45) is 17.0. The van der Waals surface area contributed by atoms with Crippen molar-refractivity contribution in [2.75, 3.05) is 0 Å². The van der Waals surface area contributed by atoms with Crippen molar-refractivity contribution < 1.29 is 4.74 Å². The number of fused-ring (bicyclic) bond motifs is 2. The van der Waals surface area contributed by atoms with E-state index in [-0.39, 0.29) is 6.10 Å². The van der Waals surface area contributed by atoms with Crippen molar-refractivity contribution in [3.05, 3.63) is 61.2 Å². The van der Waals surface area contributed by atoms with Crippen LogP contribution in [0.1, 0.15) is 37.8 Å². The van der Waals surface area contributed by atoms with Crippen LogP contribution in [0.3, 0.4) is 0 Å². The maximum Gasteiger partial charge on any atom is 0.161 e. The first kappa shape index (κ1) is 21.7. The zero-order valence-electron chi connectivity index (χ0n) is 20.3. The number of nitrogens with one attached hydrogen (secondary N) is 2. The number of hydrogen-bond acceptors (Lipinski definition) is 7. The Hall–Kier alpha value is -4.60. The first-order valence-electron chi connectivity index (χ1n) is 12.5. The smallest absolute Gasteiger partial charge is 0.161 e. The molecule has 10 nitrogen and oxygen atoms in total. The summed E-state index contributed by atoms with van der Waals surface area (Å²) in [6.45, 7) is 1.95. The van der Waals surface area contributed by atoms with Gasteiger partial charge in [0.2, 0.25) is 0 Å². The van der Waals surface area contributed by atoms with Gasteiger partial charge < -0.3 is 14.3 Å². The van der Waals surface area contributed by atoms with E-state index in [9.17, 15) is 0 Å². The number of nitrogens with zero attached hydrogens (tertiary/aromatic N) is 7. The molecule has 0 aliphatic heterocycles. The summed E-state index contributed by atoms with van der Waals surface area (Å²) in [5.74, 6) is 1.40. The number of aromatic amines is 2. The van der Waals surface area contributed by atoms with Crippen molar-refractivity contribution in [3.8, 4) is 34.2 Å². The minimum Gasteiger partial charge on any atom is -0.489 e. The Morgan fingerprint density at radius 2 is 1.84 bits per heavy atom. The standard InChI is InChI=1S/C27H25N9O/c1-16-14-36(15-30-16)23-13-29-12-22-24(23)33-27(32-22)26-25-21(34-35-26)8-7-20(31-25)17-9-19(11-28-10-17)37-18-5-3-2-4-6-18/h7-15,18H,2-6H2,1H3,(H,32,33)(H,34,35). The fourth-order valence-corrected chi connectivity index (χ4v) is 5.00. The molecular formula is C27H25N9O. The molecule has 0 radical (unpaired) electrons. The predicted molar refractivity (Wildman–Crippen MR) is 139 cm³/mol. The third-order valence-electron chi connectivity index (χ3n) is 6.86. The van der Waals surface area contributed by atoms with Gasteiger partial charge in [-0.1, -0.05) is 6.42 Å². The SMILES string of the molecule is Cc1cn(-c2cncc3[nH]c(-c4n[nH]c5ccc(-c6cncc(OC7CCCCC7)c6)nc45)nc23)cn1. The molecule has 6 aromatic rings.